The summed E-state index contributed by atoms with van der Waals surface area (Å²) in [4.78, 5) is 106. The second-order valence-electron chi connectivity index (χ2n) is 10.7. The fourth-order valence-corrected chi connectivity index (χ4v) is 4.82. The number of carboxylic acids is 4. The van der Waals surface area contributed by atoms with Crippen LogP contribution in [0.4, 0.5) is 0 Å². The third-order valence-electron chi connectivity index (χ3n) is 6.60. The molecule has 1 aromatic carbocycles. The van der Waals surface area contributed by atoms with E-state index >= 15 is 0 Å². The van der Waals surface area contributed by atoms with E-state index in [1.54, 1.807) is 0 Å². The molecule has 0 saturated heterocycles. The number of nitrogens with one attached hydrogen (secondary N) is 3. The standard InChI is InChI=1S/C28H40N5O16P/c29-14-13-15-1-3-16(4-2-15)48-50(46,47)49-28(45)20(8-12-24(40)41)33-27(44)19(7-11-23(38)39)32-26(43)18(6-10-22(36)37)31-25(42)17(30)5-9-21(34)35/h1-4,17-20H,5-14,29-30H2,(H,31,42)(H,32,43)(H,33,44)(H,34,35)(H,36,37)(H,38,39)(H,40,41)(H,46,47)/t17-,18-,19-,20-/m0/s1. The summed E-state index contributed by atoms with van der Waals surface area (Å²) in [5.41, 5.74) is 11.9. The highest BCUT2D eigenvalue weighted by Crippen LogP contribution is 2.44. The molecule has 278 valence electrons. The summed E-state index contributed by atoms with van der Waals surface area (Å²) in [6.45, 7) is 0.327. The normalized spacial score (nSPS) is 14.4. The largest absolute Gasteiger partial charge is 0.587 e. The number of rotatable bonds is 24. The Hall–Kier alpha value is -5.11. The van der Waals surface area contributed by atoms with Crippen LogP contribution in [0.3, 0.4) is 0 Å². The van der Waals surface area contributed by atoms with E-state index in [4.69, 9.17) is 36.4 Å². The molecule has 0 heterocycles. The van der Waals surface area contributed by atoms with Crippen molar-refractivity contribution in [2.24, 2.45) is 11.5 Å². The lowest BCUT2D eigenvalue weighted by Crippen LogP contribution is -2.57. The van der Waals surface area contributed by atoms with Gasteiger partial charge in [0, 0.05) is 25.7 Å². The van der Waals surface area contributed by atoms with Gasteiger partial charge in [-0.1, -0.05) is 12.1 Å². The first-order chi connectivity index (χ1) is 23.3. The third kappa shape index (κ3) is 17.3. The van der Waals surface area contributed by atoms with Gasteiger partial charge in [-0.3, -0.25) is 38.5 Å². The van der Waals surface area contributed by atoms with Gasteiger partial charge in [-0.15, -0.1) is 0 Å². The fraction of sp³-hybridized carbons (Fsp3) is 0.500. The van der Waals surface area contributed by atoms with Gasteiger partial charge in [0.1, 0.15) is 23.9 Å². The summed E-state index contributed by atoms with van der Waals surface area (Å²) in [5, 5.41) is 42.5. The molecule has 0 aromatic heterocycles. The number of amides is 3. The summed E-state index contributed by atoms with van der Waals surface area (Å²) in [7, 11) is -5.23. The maximum atomic E-state index is 13.3. The topological polar surface area (TPSA) is 361 Å². The van der Waals surface area contributed by atoms with Gasteiger partial charge in [0.15, 0.2) is 0 Å². The monoisotopic (exact) mass is 733 g/mol. The number of carboxylic acid groups (broad SMARTS) is 4. The fourth-order valence-electron chi connectivity index (χ4n) is 4.04. The van der Waals surface area contributed by atoms with E-state index in [9.17, 15) is 47.8 Å². The van der Waals surface area contributed by atoms with Crippen molar-refractivity contribution in [2.75, 3.05) is 6.54 Å². The van der Waals surface area contributed by atoms with Crippen LogP contribution >= 0.6 is 7.82 Å². The Morgan fingerprint density at radius 1 is 0.660 bits per heavy atom. The predicted octanol–water partition coefficient (Wildman–Crippen LogP) is -1.55. The maximum absolute atomic E-state index is 13.3. The zero-order valence-corrected chi connectivity index (χ0v) is 27.4. The Morgan fingerprint density at radius 3 is 1.50 bits per heavy atom. The van der Waals surface area contributed by atoms with Gasteiger partial charge in [0.2, 0.25) is 17.7 Å². The van der Waals surface area contributed by atoms with E-state index in [0.29, 0.717) is 13.0 Å². The van der Waals surface area contributed by atoms with Crippen LogP contribution in [0.15, 0.2) is 24.3 Å². The second-order valence-corrected chi connectivity index (χ2v) is 12.0. The number of hydrogen-bond donors (Lipinski definition) is 10. The molecular weight excluding hydrogens is 693 g/mol. The van der Waals surface area contributed by atoms with Crippen molar-refractivity contribution < 1.29 is 77.3 Å². The first-order valence-corrected chi connectivity index (χ1v) is 16.4. The number of nitrogens with two attached hydrogens (primary N) is 2. The lowest BCUT2D eigenvalue weighted by Gasteiger charge is -2.25. The Balaban J connectivity index is 3.20. The molecule has 0 aliphatic rings. The van der Waals surface area contributed by atoms with Gasteiger partial charge in [-0.05, 0) is 56.3 Å². The van der Waals surface area contributed by atoms with Crippen LogP contribution in [0.2, 0.25) is 0 Å². The maximum Gasteiger partial charge on any atom is 0.587 e. The highest BCUT2D eigenvalue weighted by Gasteiger charge is 2.36. The highest BCUT2D eigenvalue weighted by atomic mass is 31.2. The number of phosphoric ester groups is 1. The van der Waals surface area contributed by atoms with Gasteiger partial charge >= 0.3 is 37.7 Å². The lowest BCUT2D eigenvalue weighted by molar-refractivity contribution is -0.143. The molecule has 3 amide bonds. The minimum atomic E-state index is -5.23. The zero-order valence-electron chi connectivity index (χ0n) is 26.5. The summed E-state index contributed by atoms with van der Waals surface area (Å²) in [6.07, 6.45) is -4.49. The summed E-state index contributed by atoms with van der Waals surface area (Å²) in [5.74, 6) is -10.9. The van der Waals surface area contributed by atoms with Crippen molar-refractivity contribution in [1.82, 2.24) is 16.0 Å². The molecule has 5 atom stereocenters. The number of aliphatic carboxylic acids is 4. The van der Waals surface area contributed by atoms with Crippen molar-refractivity contribution >= 4 is 55.4 Å². The van der Waals surface area contributed by atoms with E-state index < -0.39 is 125 Å². The Labute approximate surface area is 284 Å². The van der Waals surface area contributed by atoms with Crippen LogP contribution < -0.4 is 31.9 Å². The summed E-state index contributed by atoms with van der Waals surface area (Å²) >= 11 is 0. The smallest absolute Gasteiger partial charge is 0.481 e. The molecule has 0 aliphatic heterocycles. The molecule has 0 bridgehead atoms. The molecule has 12 N–H and O–H groups in total. The van der Waals surface area contributed by atoms with E-state index in [2.05, 4.69) is 15.2 Å². The summed E-state index contributed by atoms with van der Waals surface area (Å²) < 4.78 is 22.0. The number of carbonyl (C=O) groups excluding carboxylic acids is 4. The van der Waals surface area contributed by atoms with E-state index in [-0.39, 0.29) is 12.2 Å². The zero-order chi connectivity index (χ0) is 38.0. The first-order valence-electron chi connectivity index (χ1n) is 14.9. The van der Waals surface area contributed by atoms with Crippen LogP contribution in [0, 0.1) is 0 Å². The number of hydrogen-bond acceptors (Lipinski definition) is 13. The molecule has 0 aliphatic carbocycles. The van der Waals surface area contributed by atoms with Crippen LogP contribution in [-0.2, 0) is 53.9 Å². The van der Waals surface area contributed by atoms with Crippen molar-refractivity contribution in [1.29, 1.82) is 0 Å². The quantitative estimate of drug-likeness (QED) is 0.0537. The van der Waals surface area contributed by atoms with Crippen molar-refractivity contribution in [2.45, 2.75) is 82.0 Å². The van der Waals surface area contributed by atoms with Gasteiger partial charge < -0.3 is 56.9 Å². The molecule has 1 rings (SSSR count). The number of carbonyl (C=O) groups is 8. The molecule has 21 nitrogen and oxygen atoms in total. The van der Waals surface area contributed by atoms with Gasteiger partial charge in [-0.25, -0.2) is 9.36 Å². The first kappa shape index (κ1) is 42.9. The molecule has 1 aromatic rings. The minimum absolute atomic E-state index is 0.195. The van der Waals surface area contributed by atoms with Crippen LogP contribution in [0.5, 0.6) is 5.75 Å². The molecule has 0 fully saturated rings. The van der Waals surface area contributed by atoms with Crippen molar-refractivity contribution in [3.63, 3.8) is 0 Å². The van der Waals surface area contributed by atoms with E-state index in [0.717, 1.165) is 5.56 Å². The second kappa shape index (κ2) is 21.1. The van der Waals surface area contributed by atoms with Crippen LogP contribution in [0.25, 0.3) is 0 Å². The molecule has 50 heavy (non-hydrogen) atoms. The average molecular weight is 734 g/mol. The molecule has 0 spiro atoms. The van der Waals surface area contributed by atoms with Gasteiger partial charge in [0.25, 0.3) is 0 Å². The van der Waals surface area contributed by atoms with E-state index in [1.165, 1.54) is 24.3 Å². The Morgan fingerprint density at radius 2 is 1.06 bits per heavy atom. The summed E-state index contributed by atoms with van der Waals surface area (Å²) in [6, 6.07) is -1.24. The van der Waals surface area contributed by atoms with Gasteiger partial charge in [-0.2, -0.15) is 0 Å². The molecule has 0 radical (unpaired) electrons. The Kier molecular flexibility index (Phi) is 18.1. The number of benzene rings is 1. The molecule has 22 heteroatoms. The molecular formula is C28H40N5O16P. The highest BCUT2D eigenvalue weighted by molar-refractivity contribution is 7.48. The third-order valence-corrected chi connectivity index (χ3v) is 7.45. The van der Waals surface area contributed by atoms with Crippen LogP contribution in [0.1, 0.15) is 56.9 Å². The molecule has 0 saturated carbocycles. The van der Waals surface area contributed by atoms with E-state index in [1.807, 2.05) is 5.32 Å². The average Bonchev–Trinajstić information content (AvgIpc) is 3.01. The lowest BCUT2D eigenvalue weighted by atomic mass is 10.1. The molecule has 1 unspecified atom stereocenters. The minimum Gasteiger partial charge on any atom is -0.481 e. The Bertz CT molecular complexity index is 1440. The predicted molar refractivity (Wildman–Crippen MR) is 167 cm³/mol. The van der Waals surface area contributed by atoms with Gasteiger partial charge in [0.05, 0.1) is 6.04 Å². The van der Waals surface area contributed by atoms with Crippen LogP contribution in [-0.4, -0.2) is 104 Å². The SMILES string of the molecule is NCCc1ccc(OP(=O)(O)OC(=O)[C@H](CCC(=O)O)NC(=O)[C@H](CCC(=O)O)NC(=O)[C@H](CCC(=O)O)NC(=O)[C@@H](N)CCC(=O)O)cc1. The van der Waals surface area contributed by atoms with Crippen molar-refractivity contribution in [3.05, 3.63) is 29.8 Å². The van der Waals surface area contributed by atoms with Crippen molar-refractivity contribution in [3.8, 4) is 5.75 Å². The number of phosphoric acid groups is 1.